The monoisotopic (exact) mass is 437 g/mol. The molecule has 1 amide bonds. The largest absolute Gasteiger partial charge is 0.480 e. The van der Waals surface area contributed by atoms with Crippen LogP contribution in [0.2, 0.25) is 0 Å². The summed E-state index contributed by atoms with van der Waals surface area (Å²) in [6, 6.07) is 10.5. The molecule has 3 heterocycles. The molecule has 31 heavy (non-hydrogen) atoms. The summed E-state index contributed by atoms with van der Waals surface area (Å²) in [7, 11) is 0. The molecule has 4 rings (SSSR count). The number of aromatic amines is 2. The van der Waals surface area contributed by atoms with Crippen LogP contribution in [0.4, 0.5) is 10.9 Å². The third kappa shape index (κ3) is 4.33. The van der Waals surface area contributed by atoms with Crippen LogP contribution < -0.4 is 16.2 Å². The van der Waals surface area contributed by atoms with Gasteiger partial charge >= 0.3 is 5.97 Å². The van der Waals surface area contributed by atoms with E-state index in [-0.39, 0.29) is 17.4 Å². The van der Waals surface area contributed by atoms with Crippen LogP contribution in [-0.2, 0) is 17.6 Å². The number of benzene rings is 1. The molecule has 158 valence electrons. The molecule has 0 atom stereocenters. The smallest absolute Gasteiger partial charge is 0.323 e. The van der Waals surface area contributed by atoms with Crippen molar-refractivity contribution in [1.29, 1.82) is 0 Å². The minimum atomic E-state index is -1.08. The summed E-state index contributed by atoms with van der Waals surface area (Å²) in [5.41, 5.74) is 7.94. The molecule has 10 heteroatoms. The van der Waals surface area contributed by atoms with Gasteiger partial charge in [-0.05, 0) is 53.6 Å². The van der Waals surface area contributed by atoms with E-state index in [0.29, 0.717) is 34.4 Å². The predicted molar refractivity (Wildman–Crippen MR) is 119 cm³/mol. The fraction of sp³-hybridized carbons (Fsp3) is 0.143. The zero-order valence-electron chi connectivity index (χ0n) is 16.3. The van der Waals surface area contributed by atoms with Gasteiger partial charge in [0.2, 0.25) is 5.95 Å². The van der Waals surface area contributed by atoms with Gasteiger partial charge in [0.05, 0.1) is 10.4 Å². The molecule has 0 radical (unpaired) electrons. The number of aromatic nitrogens is 3. The van der Waals surface area contributed by atoms with Gasteiger partial charge in [-0.2, -0.15) is 4.98 Å². The standard InChI is InChI=1S/C21H19N5O4S/c22-21-24-18-17(19(29)25-21)14(10-23-18)8-5-12-3-6-13(7-4-12)20(30)26(11-16(27)28)15-2-1-9-31-15/h1-4,6-7,9-10H,5,8,11H2,(H,27,28)(H4,22,23,24,25,29). The predicted octanol–water partition coefficient (Wildman–Crippen LogP) is 2.41. The van der Waals surface area contributed by atoms with E-state index in [2.05, 4.69) is 15.0 Å². The number of nitrogens with one attached hydrogen (secondary N) is 2. The highest BCUT2D eigenvalue weighted by Gasteiger charge is 2.21. The lowest BCUT2D eigenvalue weighted by molar-refractivity contribution is -0.135. The number of hydrogen-bond acceptors (Lipinski definition) is 6. The Balaban J connectivity index is 1.49. The van der Waals surface area contributed by atoms with Gasteiger partial charge in [0.25, 0.3) is 11.5 Å². The molecule has 4 aromatic rings. The molecule has 0 aliphatic heterocycles. The summed E-state index contributed by atoms with van der Waals surface area (Å²) >= 11 is 1.31. The number of nitrogen functional groups attached to an aromatic ring is 1. The Bertz CT molecular complexity index is 1290. The Morgan fingerprint density at radius 2 is 1.94 bits per heavy atom. The lowest BCUT2D eigenvalue weighted by Crippen LogP contribution is -2.35. The van der Waals surface area contributed by atoms with E-state index in [0.717, 1.165) is 11.1 Å². The number of nitrogens with two attached hydrogens (primary N) is 1. The number of hydrogen-bond donors (Lipinski definition) is 4. The summed E-state index contributed by atoms with van der Waals surface area (Å²) in [6.07, 6.45) is 2.99. The zero-order valence-corrected chi connectivity index (χ0v) is 17.1. The topological polar surface area (TPSA) is 145 Å². The number of amides is 1. The molecule has 0 unspecified atom stereocenters. The summed E-state index contributed by atoms with van der Waals surface area (Å²) in [6.45, 7) is -0.408. The number of rotatable bonds is 7. The third-order valence-corrected chi connectivity index (χ3v) is 5.73. The lowest BCUT2D eigenvalue weighted by atomic mass is 10.0. The van der Waals surface area contributed by atoms with Crippen LogP contribution in [0.1, 0.15) is 21.5 Å². The number of aryl methyl sites for hydroxylation is 2. The van der Waals surface area contributed by atoms with E-state index in [1.165, 1.54) is 16.2 Å². The Morgan fingerprint density at radius 3 is 2.61 bits per heavy atom. The second kappa shape index (κ2) is 8.44. The molecule has 5 N–H and O–H groups in total. The van der Waals surface area contributed by atoms with Crippen molar-refractivity contribution in [2.75, 3.05) is 17.2 Å². The van der Waals surface area contributed by atoms with E-state index in [1.807, 2.05) is 12.1 Å². The van der Waals surface area contributed by atoms with Crippen LogP contribution in [0.25, 0.3) is 11.0 Å². The fourth-order valence-electron chi connectivity index (χ4n) is 3.38. The van der Waals surface area contributed by atoms with Crippen LogP contribution in [-0.4, -0.2) is 38.5 Å². The maximum Gasteiger partial charge on any atom is 0.323 e. The van der Waals surface area contributed by atoms with Gasteiger partial charge in [0.15, 0.2) is 0 Å². The van der Waals surface area contributed by atoms with Crippen molar-refractivity contribution in [3.05, 3.63) is 75.0 Å². The Labute approximate surface area is 180 Å². The van der Waals surface area contributed by atoms with Crippen molar-refractivity contribution >= 4 is 45.2 Å². The highest BCUT2D eigenvalue weighted by molar-refractivity contribution is 7.14. The van der Waals surface area contributed by atoms with E-state index in [9.17, 15) is 14.4 Å². The fourth-order valence-corrected chi connectivity index (χ4v) is 4.10. The summed E-state index contributed by atoms with van der Waals surface area (Å²) in [5, 5.41) is 12.0. The summed E-state index contributed by atoms with van der Waals surface area (Å²) in [5.74, 6) is -1.39. The number of H-pyrrole nitrogens is 2. The molecule has 0 fully saturated rings. The highest BCUT2D eigenvalue weighted by atomic mass is 32.1. The zero-order chi connectivity index (χ0) is 22.0. The Hall–Kier alpha value is -3.92. The Morgan fingerprint density at radius 1 is 1.16 bits per heavy atom. The first-order valence-electron chi connectivity index (χ1n) is 9.44. The van der Waals surface area contributed by atoms with Gasteiger partial charge in [-0.3, -0.25) is 24.3 Å². The van der Waals surface area contributed by atoms with Crippen LogP contribution in [0.15, 0.2) is 52.8 Å². The van der Waals surface area contributed by atoms with E-state index in [1.54, 1.807) is 35.8 Å². The number of thiophene rings is 1. The number of fused-ring (bicyclic) bond motifs is 1. The van der Waals surface area contributed by atoms with Crippen LogP contribution >= 0.6 is 11.3 Å². The normalized spacial score (nSPS) is 11.0. The van der Waals surface area contributed by atoms with Crippen molar-refractivity contribution < 1.29 is 14.7 Å². The SMILES string of the molecule is Nc1nc2[nH]cc(CCc3ccc(C(=O)N(CC(=O)O)c4cccs4)cc3)c2c(=O)[nH]1. The second-order valence-corrected chi connectivity index (χ2v) is 7.85. The molecule has 0 aliphatic carbocycles. The minimum absolute atomic E-state index is 0.0608. The molecule has 0 saturated carbocycles. The summed E-state index contributed by atoms with van der Waals surface area (Å²) in [4.78, 5) is 47.0. The average molecular weight is 437 g/mol. The van der Waals surface area contributed by atoms with Crippen LogP contribution in [0.3, 0.4) is 0 Å². The minimum Gasteiger partial charge on any atom is -0.480 e. The molecule has 0 saturated heterocycles. The number of anilines is 2. The maximum atomic E-state index is 12.9. The van der Waals surface area contributed by atoms with Gasteiger partial charge in [0, 0.05) is 11.8 Å². The lowest BCUT2D eigenvalue weighted by Gasteiger charge is -2.19. The third-order valence-electron chi connectivity index (χ3n) is 4.84. The van der Waals surface area contributed by atoms with Crippen molar-refractivity contribution in [1.82, 2.24) is 15.0 Å². The number of nitrogens with zero attached hydrogens (tertiary/aromatic N) is 2. The quantitative estimate of drug-likeness (QED) is 0.349. The van der Waals surface area contributed by atoms with E-state index >= 15 is 0 Å². The molecule has 9 nitrogen and oxygen atoms in total. The first-order valence-corrected chi connectivity index (χ1v) is 10.3. The molecular formula is C21H19N5O4S. The van der Waals surface area contributed by atoms with Gasteiger partial charge < -0.3 is 15.8 Å². The number of carboxylic acids is 1. The number of aliphatic carboxylic acids is 1. The Kier molecular flexibility index (Phi) is 5.54. The van der Waals surface area contributed by atoms with Gasteiger partial charge in [-0.25, -0.2) is 0 Å². The van der Waals surface area contributed by atoms with Gasteiger partial charge in [0.1, 0.15) is 12.2 Å². The molecule has 3 aromatic heterocycles. The van der Waals surface area contributed by atoms with Crippen molar-refractivity contribution in [2.45, 2.75) is 12.8 Å². The molecule has 0 spiro atoms. The molecular weight excluding hydrogens is 418 g/mol. The van der Waals surface area contributed by atoms with Crippen LogP contribution in [0.5, 0.6) is 0 Å². The van der Waals surface area contributed by atoms with E-state index in [4.69, 9.17) is 10.8 Å². The average Bonchev–Trinajstić information content (AvgIpc) is 3.40. The first kappa shape index (κ1) is 20.4. The first-order chi connectivity index (χ1) is 14.9. The number of carbonyl (C=O) groups excluding carboxylic acids is 1. The summed E-state index contributed by atoms with van der Waals surface area (Å²) < 4.78 is 0. The molecule has 0 bridgehead atoms. The van der Waals surface area contributed by atoms with Crippen molar-refractivity contribution in [3.63, 3.8) is 0 Å². The maximum absolute atomic E-state index is 12.9. The van der Waals surface area contributed by atoms with Gasteiger partial charge in [-0.1, -0.05) is 12.1 Å². The van der Waals surface area contributed by atoms with Crippen molar-refractivity contribution in [2.24, 2.45) is 0 Å². The van der Waals surface area contributed by atoms with Gasteiger partial charge in [-0.15, -0.1) is 11.3 Å². The number of carboxylic acid groups (broad SMARTS) is 1. The van der Waals surface area contributed by atoms with Crippen molar-refractivity contribution in [3.8, 4) is 0 Å². The second-order valence-electron chi connectivity index (χ2n) is 6.92. The molecule has 1 aromatic carbocycles. The highest BCUT2D eigenvalue weighted by Crippen LogP contribution is 2.23. The van der Waals surface area contributed by atoms with E-state index < -0.39 is 12.5 Å². The van der Waals surface area contributed by atoms with Crippen LogP contribution in [0, 0.1) is 0 Å². The molecule has 0 aliphatic rings. The number of carbonyl (C=O) groups is 2.